The van der Waals surface area contributed by atoms with Crippen LogP contribution in [0.25, 0.3) is 0 Å². The van der Waals surface area contributed by atoms with Gasteiger partial charge in [0.05, 0.1) is 17.6 Å². The van der Waals surface area contributed by atoms with E-state index in [0.717, 1.165) is 5.56 Å². The molecule has 150 valence electrons. The zero-order valence-electron chi connectivity index (χ0n) is 15.3. The molecule has 2 amide bonds. The van der Waals surface area contributed by atoms with Crippen molar-refractivity contribution in [2.24, 2.45) is 0 Å². The Balaban J connectivity index is 1.84. The molecular formula is C18H20ClN3O5S. The molecule has 3 N–H and O–H groups in total. The molecule has 0 atom stereocenters. The maximum absolute atomic E-state index is 12.2. The predicted octanol–water partition coefficient (Wildman–Crippen LogP) is 1.79. The van der Waals surface area contributed by atoms with E-state index in [2.05, 4.69) is 15.6 Å². The van der Waals surface area contributed by atoms with Gasteiger partial charge in [0.1, 0.15) is 5.75 Å². The molecular weight excluding hydrogens is 406 g/mol. The van der Waals surface area contributed by atoms with Crippen molar-refractivity contribution in [2.45, 2.75) is 18.2 Å². The number of hydrogen-bond acceptors (Lipinski definition) is 5. The summed E-state index contributed by atoms with van der Waals surface area (Å²) in [7, 11) is -2.31. The average molecular weight is 426 g/mol. The van der Waals surface area contributed by atoms with Crippen LogP contribution in [0.5, 0.6) is 5.75 Å². The van der Waals surface area contributed by atoms with Crippen LogP contribution in [-0.2, 0) is 14.8 Å². The lowest BCUT2D eigenvalue weighted by Gasteiger charge is -2.11. The number of methoxy groups -OCH3 is 1. The van der Waals surface area contributed by atoms with Gasteiger partial charge in [-0.1, -0.05) is 29.3 Å². The van der Waals surface area contributed by atoms with E-state index in [1.54, 1.807) is 18.2 Å². The first-order valence-electron chi connectivity index (χ1n) is 8.22. The molecule has 0 unspecified atom stereocenters. The second-order valence-electron chi connectivity index (χ2n) is 5.81. The van der Waals surface area contributed by atoms with E-state index in [1.165, 1.54) is 31.4 Å². The number of aryl methyl sites for hydroxylation is 1. The molecule has 0 heterocycles. The van der Waals surface area contributed by atoms with Crippen molar-refractivity contribution in [3.8, 4) is 5.75 Å². The quantitative estimate of drug-likeness (QED) is 0.585. The molecule has 0 aliphatic rings. The summed E-state index contributed by atoms with van der Waals surface area (Å²) < 4.78 is 31.7. The van der Waals surface area contributed by atoms with Crippen LogP contribution in [0.1, 0.15) is 22.3 Å². The fraction of sp³-hybridized carbons (Fsp3) is 0.222. The van der Waals surface area contributed by atoms with Crippen LogP contribution >= 0.6 is 11.6 Å². The number of rotatable bonds is 7. The topological polar surface area (TPSA) is 114 Å². The molecule has 0 aromatic heterocycles. The van der Waals surface area contributed by atoms with Crippen LogP contribution in [-0.4, -0.2) is 33.9 Å². The number of sulfonamides is 1. The molecule has 8 nitrogen and oxygen atoms in total. The van der Waals surface area contributed by atoms with Crippen molar-refractivity contribution in [1.82, 2.24) is 15.6 Å². The zero-order chi connectivity index (χ0) is 20.7. The predicted molar refractivity (Wildman–Crippen MR) is 105 cm³/mol. The average Bonchev–Trinajstić information content (AvgIpc) is 2.66. The highest BCUT2D eigenvalue weighted by Gasteiger charge is 2.16. The van der Waals surface area contributed by atoms with Crippen LogP contribution in [0.4, 0.5) is 0 Å². The minimum atomic E-state index is -3.71. The van der Waals surface area contributed by atoms with Crippen molar-refractivity contribution in [3.05, 3.63) is 58.6 Å². The van der Waals surface area contributed by atoms with Gasteiger partial charge in [-0.15, -0.1) is 0 Å². The van der Waals surface area contributed by atoms with Crippen molar-refractivity contribution < 1.29 is 22.7 Å². The van der Waals surface area contributed by atoms with Gasteiger partial charge in [-0.2, -0.15) is 0 Å². The highest BCUT2D eigenvalue weighted by molar-refractivity contribution is 7.89. The summed E-state index contributed by atoms with van der Waals surface area (Å²) >= 11 is 5.86. The van der Waals surface area contributed by atoms with E-state index in [0.29, 0.717) is 10.8 Å². The lowest BCUT2D eigenvalue weighted by atomic mass is 10.2. The molecule has 2 aromatic rings. The van der Waals surface area contributed by atoms with Gasteiger partial charge in [0.25, 0.3) is 5.91 Å². The standard InChI is InChI=1S/C18H20ClN3O5S/c1-12-3-6-14(7-4-12)28(25,26)20-10-9-17(23)21-22-18(24)15-11-13(19)5-8-16(15)27-2/h3-8,11,20H,9-10H2,1-2H3,(H,21,23)(H,22,24). The monoisotopic (exact) mass is 425 g/mol. The molecule has 10 heteroatoms. The maximum Gasteiger partial charge on any atom is 0.273 e. The van der Waals surface area contributed by atoms with Crippen LogP contribution in [0, 0.1) is 6.92 Å². The summed E-state index contributed by atoms with van der Waals surface area (Å²) in [6, 6.07) is 10.8. The highest BCUT2D eigenvalue weighted by atomic mass is 35.5. The Morgan fingerprint density at radius 1 is 1.07 bits per heavy atom. The van der Waals surface area contributed by atoms with Crippen LogP contribution in [0.3, 0.4) is 0 Å². The van der Waals surface area contributed by atoms with Gasteiger partial charge < -0.3 is 4.74 Å². The van der Waals surface area contributed by atoms with E-state index < -0.39 is 21.8 Å². The number of carbonyl (C=O) groups excluding carboxylic acids is 2. The molecule has 0 saturated heterocycles. The summed E-state index contributed by atoms with van der Waals surface area (Å²) in [5.74, 6) is -0.893. The number of hydrogen-bond donors (Lipinski definition) is 3. The SMILES string of the molecule is COc1ccc(Cl)cc1C(=O)NNC(=O)CCNS(=O)(=O)c1ccc(C)cc1. The van der Waals surface area contributed by atoms with Gasteiger partial charge in [-0.25, -0.2) is 13.1 Å². The molecule has 0 fully saturated rings. The van der Waals surface area contributed by atoms with Crippen molar-refractivity contribution >= 4 is 33.4 Å². The van der Waals surface area contributed by atoms with Crippen LogP contribution < -0.4 is 20.3 Å². The highest BCUT2D eigenvalue weighted by Crippen LogP contribution is 2.22. The Bertz CT molecular complexity index is 962. The van der Waals surface area contributed by atoms with Crippen molar-refractivity contribution in [2.75, 3.05) is 13.7 Å². The lowest BCUT2D eigenvalue weighted by molar-refractivity contribution is -0.121. The number of halogens is 1. The number of nitrogens with one attached hydrogen (secondary N) is 3. The van der Waals surface area contributed by atoms with Gasteiger partial charge in [-0.3, -0.25) is 20.4 Å². The van der Waals surface area contributed by atoms with E-state index >= 15 is 0 Å². The molecule has 0 aliphatic heterocycles. The Hall–Kier alpha value is -2.62. The number of carbonyl (C=O) groups is 2. The summed E-state index contributed by atoms with van der Waals surface area (Å²) in [6.07, 6.45) is -0.169. The minimum absolute atomic E-state index is 0.111. The van der Waals surface area contributed by atoms with E-state index in [-0.39, 0.29) is 23.4 Å². The van der Waals surface area contributed by atoms with Gasteiger partial charge in [0, 0.05) is 18.0 Å². The number of hydrazine groups is 1. The molecule has 0 bridgehead atoms. The third-order valence-electron chi connectivity index (χ3n) is 3.70. The minimum Gasteiger partial charge on any atom is -0.496 e. The Morgan fingerprint density at radius 2 is 1.75 bits per heavy atom. The maximum atomic E-state index is 12.2. The fourth-order valence-electron chi connectivity index (χ4n) is 2.21. The fourth-order valence-corrected chi connectivity index (χ4v) is 3.42. The summed E-state index contributed by atoms with van der Waals surface area (Å²) in [5, 5.41) is 0.336. The molecule has 0 spiro atoms. The lowest BCUT2D eigenvalue weighted by Crippen LogP contribution is -2.42. The zero-order valence-corrected chi connectivity index (χ0v) is 16.9. The van der Waals surface area contributed by atoms with Crippen molar-refractivity contribution in [3.63, 3.8) is 0 Å². The third-order valence-corrected chi connectivity index (χ3v) is 5.41. The molecule has 0 saturated carbocycles. The molecule has 28 heavy (non-hydrogen) atoms. The summed E-state index contributed by atoms with van der Waals surface area (Å²) in [4.78, 5) is 24.1. The number of ether oxygens (including phenoxy) is 1. The molecule has 2 aromatic carbocycles. The molecule has 2 rings (SSSR count). The first kappa shape index (κ1) is 21.7. The van der Waals surface area contributed by atoms with Gasteiger partial charge >= 0.3 is 0 Å². The number of benzene rings is 2. The first-order chi connectivity index (χ1) is 13.2. The Kier molecular flexibility index (Phi) is 7.38. The number of amides is 2. The summed E-state index contributed by atoms with van der Waals surface area (Å²) in [6.45, 7) is 1.72. The molecule has 0 aliphatic carbocycles. The Morgan fingerprint density at radius 3 is 2.39 bits per heavy atom. The second kappa shape index (κ2) is 9.54. The smallest absolute Gasteiger partial charge is 0.273 e. The third kappa shape index (κ3) is 5.95. The summed E-state index contributed by atoms with van der Waals surface area (Å²) in [5.41, 5.74) is 5.53. The van der Waals surface area contributed by atoms with Gasteiger partial charge in [-0.05, 0) is 37.3 Å². The Labute approximate surface area is 168 Å². The first-order valence-corrected chi connectivity index (χ1v) is 10.1. The largest absolute Gasteiger partial charge is 0.496 e. The molecule has 0 radical (unpaired) electrons. The van der Waals surface area contributed by atoms with Crippen LogP contribution in [0.15, 0.2) is 47.4 Å². The van der Waals surface area contributed by atoms with E-state index in [9.17, 15) is 18.0 Å². The van der Waals surface area contributed by atoms with Crippen molar-refractivity contribution in [1.29, 1.82) is 0 Å². The van der Waals surface area contributed by atoms with Crippen LogP contribution in [0.2, 0.25) is 5.02 Å². The van der Waals surface area contributed by atoms with E-state index in [4.69, 9.17) is 16.3 Å². The van der Waals surface area contributed by atoms with Gasteiger partial charge in [0.2, 0.25) is 15.9 Å². The normalized spacial score (nSPS) is 11.0. The van der Waals surface area contributed by atoms with Gasteiger partial charge in [0.15, 0.2) is 0 Å². The second-order valence-corrected chi connectivity index (χ2v) is 8.01. The van der Waals surface area contributed by atoms with E-state index in [1.807, 2.05) is 6.92 Å².